The van der Waals surface area contributed by atoms with Crippen LogP contribution < -0.4 is 10.6 Å². The minimum Gasteiger partial charge on any atom is -0.381 e. The zero-order valence-electron chi connectivity index (χ0n) is 16.3. The fourth-order valence-corrected chi connectivity index (χ4v) is 6.19. The lowest BCUT2D eigenvalue weighted by molar-refractivity contribution is 0.0793. The molecule has 25 heavy (non-hydrogen) atoms. The molecule has 1 saturated heterocycles. The van der Waals surface area contributed by atoms with Gasteiger partial charge in [0, 0.05) is 35.8 Å². The van der Waals surface area contributed by atoms with Gasteiger partial charge in [-0.25, -0.2) is 0 Å². The first-order valence-corrected chi connectivity index (χ1v) is 12.1. The van der Waals surface area contributed by atoms with Crippen LogP contribution in [0.25, 0.3) is 0 Å². The standard InChI is InChI=1S/C19H37N3OS2/c1-4-20-18(22-16-8-7-9-17(14-16)24-5-2)21-15-19(25-6-3)10-12-23-13-11-19/h16-17H,4-15H2,1-3H3,(H2,20,21,22). The molecule has 6 heteroatoms. The molecule has 1 saturated carbocycles. The number of nitrogens with zero attached hydrogens (tertiary/aromatic N) is 1. The molecule has 2 fully saturated rings. The van der Waals surface area contributed by atoms with Crippen LogP contribution in [-0.4, -0.2) is 59.8 Å². The average molecular weight is 388 g/mol. The SMILES string of the molecule is CCNC(=NCC1(SCC)CCOCC1)NC1CCCC(SCC)C1. The summed E-state index contributed by atoms with van der Waals surface area (Å²) >= 11 is 4.19. The summed E-state index contributed by atoms with van der Waals surface area (Å²) in [5.74, 6) is 3.39. The Hall–Kier alpha value is -0.0700. The second-order valence-electron chi connectivity index (χ2n) is 7.01. The van der Waals surface area contributed by atoms with Crippen molar-refractivity contribution in [2.45, 2.75) is 75.3 Å². The summed E-state index contributed by atoms with van der Waals surface area (Å²) in [7, 11) is 0. The van der Waals surface area contributed by atoms with Crippen molar-refractivity contribution in [2.75, 3.05) is 37.8 Å². The molecule has 4 nitrogen and oxygen atoms in total. The molecule has 2 unspecified atom stereocenters. The van der Waals surface area contributed by atoms with E-state index in [9.17, 15) is 0 Å². The molecule has 0 amide bonds. The zero-order valence-corrected chi connectivity index (χ0v) is 17.9. The lowest BCUT2D eigenvalue weighted by Crippen LogP contribution is -2.46. The van der Waals surface area contributed by atoms with Gasteiger partial charge >= 0.3 is 0 Å². The first-order chi connectivity index (χ1) is 12.2. The van der Waals surface area contributed by atoms with E-state index in [0.29, 0.717) is 6.04 Å². The first-order valence-electron chi connectivity index (χ1n) is 10.1. The number of thioether (sulfide) groups is 2. The Kier molecular flexibility index (Phi) is 9.85. The van der Waals surface area contributed by atoms with Gasteiger partial charge in [-0.1, -0.05) is 20.3 Å². The molecule has 2 N–H and O–H groups in total. The molecular weight excluding hydrogens is 350 g/mol. The molecule has 0 bridgehead atoms. The van der Waals surface area contributed by atoms with Crippen molar-refractivity contribution in [3.63, 3.8) is 0 Å². The minimum absolute atomic E-state index is 0.266. The largest absolute Gasteiger partial charge is 0.381 e. The van der Waals surface area contributed by atoms with Gasteiger partial charge in [0.25, 0.3) is 0 Å². The van der Waals surface area contributed by atoms with E-state index in [0.717, 1.165) is 56.1 Å². The molecule has 0 aromatic carbocycles. The molecule has 1 aliphatic heterocycles. The van der Waals surface area contributed by atoms with Gasteiger partial charge in [0.15, 0.2) is 5.96 Å². The fourth-order valence-electron chi connectivity index (χ4n) is 3.80. The van der Waals surface area contributed by atoms with E-state index in [1.165, 1.54) is 31.4 Å². The molecule has 0 aromatic rings. The van der Waals surface area contributed by atoms with Crippen molar-refractivity contribution in [3.8, 4) is 0 Å². The first kappa shape index (κ1) is 21.2. The van der Waals surface area contributed by atoms with E-state index in [2.05, 4.69) is 54.9 Å². The molecule has 2 rings (SSSR count). The van der Waals surface area contributed by atoms with Crippen molar-refractivity contribution in [1.82, 2.24) is 10.6 Å². The van der Waals surface area contributed by atoms with Gasteiger partial charge in [0.05, 0.1) is 6.54 Å². The molecule has 0 spiro atoms. The van der Waals surface area contributed by atoms with Gasteiger partial charge in [-0.3, -0.25) is 4.99 Å². The normalized spacial score (nSPS) is 27.1. The van der Waals surface area contributed by atoms with Crippen LogP contribution >= 0.6 is 23.5 Å². The van der Waals surface area contributed by atoms with Crippen molar-refractivity contribution in [3.05, 3.63) is 0 Å². The zero-order chi connectivity index (χ0) is 18.0. The number of hydrogen-bond donors (Lipinski definition) is 2. The highest BCUT2D eigenvalue weighted by molar-refractivity contribution is 8.00. The topological polar surface area (TPSA) is 45.7 Å². The second-order valence-corrected chi connectivity index (χ2v) is 10.3. The molecule has 2 atom stereocenters. The number of guanidine groups is 1. The highest BCUT2D eigenvalue weighted by Crippen LogP contribution is 2.35. The number of ether oxygens (including phenoxy) is 1. The third-order valence-corrected chi connectivity index (χ3v) is 7.76. The lowest BCUT2D eigenvalue weighted by Gasteiger charge is -2.35. The van der Waals surface area contributed by atoms with Crippen LogP contribution in [0, 0.1) is 0 Å². The van der Waals surface area contributed by atoms with Crippen LogP contribution in [0.15, 0.2) is 4.99 Å². The van der Waals surface area contributed by atoms with Gasteiger partial charge in [0.2, 0.25) is 0 Å². The van der Waals surface area contributed by atoms with Crippen LogP contribution in [0.5, 0.6) is 0 Å². The number of rotatable bonds is 8. The third kappa shape index (κ3) is 7.22. The lowest BCUT2D eigenvalue weighted by atomic mass is 9.95. The van der Waals surface area contributed by atoms with Gasteiger partial charge in [0.1, 0.15) is 0 Å². The van der Waals surface area contributed by atoms with Crippen molar-refractivity contribution >= 4 is 29.5 Å². The quantitative estimate of drug-likeness (QED) is 0.488. The molecule has 2 aliphatic rings. The van der Waals surface area contributed by atoms with Gasteiger partial charge < -0.3 is 15.4 Å². The average Bonchev–Trinajstić information content (AvgIpc) is 2.62. The predicted octanol–water partition coefficient (Wildman–Crippen LogP) is 3.91. The Morgan fingerprint density at radius 2 is 1.96 bits per heavy atom. The minimum atomic E-state index is 0.266. The second kappa shape index (κ2) is 11.6. The Labute approximate surface area is 163 Å². The summed E-state index contributed by atoms with van der Waals surface area (Å²) in [5.41, 5.74) is 0. The summed E-state index contributed by atoms with van der Waals surface area (Å²) in [6, 6.07) is 0.570. The Bertz CT molecular complexity index is 393. The molecule has 146 valence electrons. The maximum absolute atomic E-state index is 5.59. The van der Waals surface area contributed by atoms with Crippen LogP contribution in [-0.2, 0) is 4.74 Å². The van der Waals surface area contributed by atoms with E-state index in [4.69, 9.17) is 9.73 Å². The maximum Gasteiger partial charge on any atom is 0.191 e. The monoisotopic (exact) mass is 387 g/mol. The summed E-state index contributed by atoms with van der Waals surface area (Å²) in [6.07, 6.45) is 7.49. The smallest absolute Gasteiger partial charge is 0.191 e. The van der Waals surface area contributed by atoms with Crippen molar-refractivity contribution in [1.29, 1.82) is 0 Å². The summed E-state index contributed by atoms with van der Waals surface area (Å²) in [5, 5.41) is 8.01. The summed E-state index contributed by atoms with van der Waals surface area (Å²) in [4.78, 5) is 5.00. The van der Waals surface area contributed by atoms with Gasteiger partial charge in [-0.15, -0.1) is 0 Å². The van der Waals surface area contributed by atoms with E-state index in [1.807, 2.05) is 0 Å². The van der Waals surface area contributed by atoms with Gasteiger partial charge in [-0.05, 0) is 50.5 Å². The van der Waals surface area contributed by atoms with E-state index >= 15 is 0 Å². The van der Waals surface area contributed by atoms with Crippen LogP contribution in [0.1, 0.15) is 59.3 Å². The Morgan fingerprint density at radius 3 is 2.64 bits per heavy atom. The van der Waals surface area contributed by atoms with E-state index in [-0.39, 0.29) is 4.75 Å². The maximum atomic E-state index is 5.59. The van der Waals surface area contributed by atoms with Crippen LogP contribution in [0.3, 0.4) is 0 Å². The molecular formula is C19H37N3OS2. The fraction of sp³-hybridized carbons (Fsp3) is 0.947. The molecule has 0 radical (unpaired) electrons. The van der Waals surface area contributed by atoms with E-state index < -0.39 is 0 Å². The Morgan fingerprint density at radius 1 is 1.16 bits per heavy atom. The summed E-state index contributed by atoms with van der Waals surface area (Å²) in [6.45, 7) is 10.2. The number of nitrogens with one attached hydrogen (secondary N) is 2. The highest BCUT2D eigenvalue weighted by atomic mass is 32.2. The van der Waals surface area contributed by atoms with Gasteiger partial charge in [-0.2, -0.15) is 23.5 Å². The molecule has 0 aromatic heterocycles. The molecule has 1 heterocycles. The van der Waals surface area contributed by atoms with E-state index in [1.54, 1.807) is 0 Å². The van der Waals surface area contributed by atoms with Crippen molar-refractivity contribution < 1.29 is 4.74 Å². The Balaban J connectivity index is 1.94. The number of aliphatic imine (C=N–C) groups is 1. The number of hydrogen-bond acceptors (Lipinski definition) is 4. The summed E-state index contributed by atoms with van der Waals surface area (Å²) < 4.78 is 5.85. The predicted molar refractivity (Wildman–Crippen MR) is 114 cm³/mol. The molecule has 1 aliphatic carbocycles. The third-order valence-electron chi connectivity index (χ3n) is 5.09. The van der Waals surface area contributed by atoms with Crippen molar-refractivity contribution in [2.24, 2.45) is 4.99 Å². The highest BCUT2D eigenvalue weighted by Gasteiger charge is 2.32. The van der Waals surface area contributed by atoms with Crippen LogP contribution in [0.2, 0.25) is 0 Å². The van der Waals surface area contributed by atoms with Crippen LogP contribution in [0.4, 0.5) is 0 Å².